The number of hydrogen-bond donors (Lipinski definition) is 1. The maximum atomic E-state index is 12.8. The summed E-state index contributed by atoms with van der Waals surface area (Å²) in [7, 11) is 0. The maximum absolute atomic E-state index is 12.8. The molecule has 2 heterocycles. The molecule has 2 aliphatic carbocycles. The van der Waals surface area contributed by atoms with Crippen LogP contribution in [0, 0.1) is 11.8 Å². The number of nitrogens with zero attached hydrogens (tertiary/aromatic N) is 3. The Morgan fingerprint density at radius 3 is 1.85 bits per heavy atom. The van der Waals surface area contributed by atoms with Crippen molar-refractivity contribution in [2.24, 2.45) is 11.8 Å². The Morgan fingerprint density at radius 2 is 1.16 bits per heavy atom. The lowest BCUT2D eigenvalue weighted by Gasteiger charge is -2.23. The van der Waals surface area contributed by atoms with Gasteiger partial charge in [0.25, 0.3) is 0 Å². The van der Waals surface area contributed by atoms with Crippen molar-refractivity contribution in [3.8, 4) is 89.7 Å². The fourth-order valence-corrected chi connectivity index (χ4v) is 12.2. The first-order valence-electron chi connectivity index (χ1n) is 27.9. The van der Waals surface area contributed by atoms with Crippen molar-refractivity contribution in [3.05, 3.63) is 217 Å². The molecular weight excluding hydrogens is 911 g/mol. The van der Waals surface area contributed by atoms with E-state index in [2.05, 4.69) is 208 Å². The maximum Gasteiger partial charge on any atom is 0.149 e. The lowest BCUT2D eigenvalue weighted by atomic mass is 9.83. The second-order valence-corrected chi connectivity index (χ2v) is 22.4. The Labute approximate surface area is 445 Å². The minimum atomic E-state index is -0.600. The third-order valence-electron chi connectivity index (χ3n) is 16.4. The Hall–Kier alpha value is -7.82. The van der Waals surface area contributed by atoms with Gasteiger partial charge in [-0.1, -0.05) is 200 Å². The van der Waals surface area contributed by atoms with Crippen molar-refractivity contribution in [1.82, 2.24) is 14.5 Å². The van der Waals surface area contributed by atoms with E-state index in [4.69, 9.17) is 9.97 Å². The number of aromatic hydroxyl groups is 1. The van der Waals surface area contributed by atoms with Gasteiger partial charge in [0.1, 0.15) is 11.6 Å². The molecular formula is C71H67N3O. The van der Waals surface area contributed by atoms with E-state index in [0.717, 1.165) is 114 Å². The highest BCUT2D eigenvalue weighted by atomic mass is 16.3. The fraction of sp³-hybridized carbons (Fsp3) is 0.239. The Bertz CT molecular complexity index is 3690. The van der Waals surface area contributed by atoms with Gasteiger partial charge < -0.3 is 5.11 Å². The molecule has 1 atom stereocenters. The van der Waals surface area contributed by atoms with Crippen LogP contribution in [-0.4, -0.2) is 19.6 Å². The average Bonchev–Trinajstić information content (AvgIpc) is 4.37. The lowest BCUT2D eigenvalue weighted by Crippen LogP contribution is -2.12. The molecule has 0 spiro atoms. The smallest absolute Gasteiger partial charge is 0.149 e. The van der Waals surface area contributed by atoms with Crippen LogP contribution in [0.15, 0.2) is 200 Å². The number of aromatic nitrogens is 3. The molecule has 4 nitrogen and oxygen atoms in total. The molecule has 4 heteroatoms. The minimum absolute atomic E-state index is 0.202. The normalized spacial score (nSPS) is 15.3. The standard InChI is InChI=1S/C71H67N3O/c1-47(50-21-16-17-22-50)51-32-34-53(35-33-51)56-37-38-72-65(44-56)59-42-57(52-23-8-5-9-24-52)41-58(43-59)61-29-18-30-67-68(61)73-70(64-46-60(71(2,3)4)45-63(69(64)75)55-27-12-7-13-28-55)74(67)66-36-31-49(39-48-19-14-15-20-48)40-62(66)54-25-10-6-11-26-54/h5-13,18,23-38,40-48,50,75H,14-17,19-22,39H2,1-4H3/i47D. The number of pyridine rings is 1. The molecule has 2 aromatic heterocycles. The summed E-state index contributed by atoms with van der Waals surface area (Å²) < 4.78 is 11.7. The number of rotatable bonds is 12. The third-order valence-corrected chi connectivity index (χ3v) is 16.4. The van der Waals surface area contributed by atoms with E-state index in [9.17, 15) is 6.48 Å². The predicted octanol–water partition coefficient (Wildman–Crippen LogP) is 19.1. The molecule has 2 saturated carbocycles. The topological polar surface area (TPSA) is 50.9 Å². The van der Waals surface area contributed by atoms with Crippen LogP contribution in [0.3, 0.4) is 0 Å². The van der Waals surface area contributed by atoms with Gasteiger partial charge in [-0.25, -0.2) is 4.98 Å². The second-order valence-electron chi connectivity index (χ2n) is 22.4. The SMILES string of the molecule is [2H]C(C)(c1ccc(-c2ccnc(-c3cc(-c4ccccc4)cc(-c4cccc5c4nc(-c4cc(C(C)(C)C)cc(-c6ccccc6)c4O)n5-c4ccc(CC5CCCC5)cc4-c4ccccc4)c3)c2)cc1)C1CCCC1. The summed E-state index contributed by atoms with van der Waals surface area (Å²) in [5.41, 5.74) is 19.0. The summed E-state index contributed by atoms with van der Waals surface area (Å²) in [6, 6.07) is 69.3. The minimum Gasteiger partial charge on any atom is -0.507 e. The first-order chi connectivity index (χ1) is 37.0. The highest BCUT2D eigenvalue weighted by Crippen LogP contribution is 2.47. The number of hydrogen-bond acceptors (Lipinski definition) is 3. The van der Waals surface area contributed by atoms with E-state index in [1.165, 1.54) is 44.1 Å². The van der Waals surface area contributed by atoms with Crippen molar-refractivity contribution in [1.29, 1.82) is 0 Å². The number of benzene rings is 8. The summed E-state index contributed by atoms with van der Waals surface area (Å²) in [5, 5.41) is 12.8. The van der Waals surface area contributed by atoms with E-state index in [1.807, 2.05) is 24.4 Å². The molecule has 0 radical (unpaired) electrons. The molecule has 8 aromatic carbocycles. The van der Waals surface area contributed by atoms with Gasteiger partial charge in [0.2, 0.25) is 0 Å². The summed E-state index contributed by atoms with van der Waals surface area (Å²) in [4.78, 5) is 10.8. The quantitative estimate of drug-likeness (QED) is 0.133. The van der Waals surface area contributed by atoms with Gasteiger partial charge in [-0.05, 0) is 159 Å². The highest BCUT2D eigenvalue weighted by Gasteiger charge is 2.28. The van der Waals surface area contributed by atoms with Gasteiger partial charge in [-0.3, -0.25) is 9.55 Å². The monoisotopic (exact) mass is 979 g/mol. The number of fused-ring (bicyclic) bond motifs is 1. The molecule has 0 bridgehead atoms. The number of para-hydroxylation sites is 1. The average molecular weight is 979 g/mol. The molecule has 0 aliphatic heterocycles. The van der Waals surface area contributed by atoms with Crippen LogP contribution in [0.2, 0.25) is 0 Å². The summed E-state index contributed by atoms with van der Waals surface area (Å²) >= 11 is 0. The molecule has 2 fully saturated rings. The molecule has 1 unspecified atom stereocenters. The van der Waals surface area contributed by atoms with Crippen LogP contribution in [-0.2, 0) is 11.8 Å². The van der Waals surface area contributed by atoms with E-state index in [1.54, 1.807) is 0 Å². The van der Waals surface area contributed by atoms with Crippen LogP contribution in [0.1, 0.15) is 103 Å². The van der Waals surface area contributed by atoms with Crippen molar-refractivity contribution in [3.63, 3.8) is 0 Å². The zero-order valence-corrected chi connectivity index (χ0v) is 43.9. The first-order valence-corrected chi connectivity index (χ1v) is 27.4. The van der Waals surface area contributed by atoms with Gasteiger partial charge in [-0.15, -0.1) is 0 Å². The van der Waals surface area contributed by atoms with Gasteiger partial charge >= 0.3 is 0 Å². The number of imidazole rings is 1. The van der Waals surface area contributed by atoms with Gasteiger partial charge in [0.15, 0.2) is 0 Å². The van der Waals surface area contributed by atoms with Gasteiger partial charge in [-0.2, -0.15) is 0 Å². The number of phenols is 1. The van der Waals surface area contributed by atoms with Crippen molar-refractivity contribution < 1.29 is 6.48 Å². The van der Waals surface area contributed by atoms with Crippen LogP contribution in [0.5, 0.6) is 5.75 Å². The Morgan fingerprint density at radius 1 is 0.547 bits per heavy atom. The van der Waals surface area contributed by atoms with Gasteiger partial charge in [0, 0.05) is 29.8 Å². The molecule has 0 amide bonds. The largest absolute Gasteiger partial charge is 0.507 e. The molecule has 10 aromatic rings. The first kappa shape index (κ1) is 46.9. The lowest BCUT2D eigenvalue weighted by molar-refractivity contribution is 0.461. The third kappa shape index (κ3) is 9.75. The van der Waals surface area contributed by atoms with Crippen LogP contribution in [0.25, 0.3) is 95.0 Å². The van der Waals surface area contributed by atoms with Crippen LogP contribution >= 0.6 is 0 Å². The van der Waals surface area contributed by atoms with Crippen molar-refractivity contribution in [2.75, 3.05) is 0 Å². The molecule has 0 saturated heterocycles. The Balaban J connectivity index is 1.07. The molecule has 1 N–H and O–H groups in total. The Kier molecular flexibility index (Phi) is 12.8. The predicted molar refractivity (Wildman–Crippen MR) is 313 cm³/mol. The summed E-state index contributed by atoms with van der Waals surface area (Å²) in [6.07, 6.45) is 12.9. The highest BCUT2D eigenvalue weighted by molar-refractivity contribution is 5.99. The molecule has 2 aliphatic rings. The fourth-order valence-electron chi connectivity index (χ4n) is 12.2. The van der Waals surface area contributed by atoms with Crippen LogP contribution in [0.4, 0.5) is 0 Å². The number of phenolic OH excluding ortho intramolecular Hbond substituents is 1. The summed E-state index contributed by atoms with van der Waals surface area (Å²) in [6.45, 7) is 8.80. The van der Waals surface area contributed by atoms with E-state index >= 15 is 0 Å². The molecule has 75 heavy (non-hydrogen) atoms. The van der Waals surface area contributed by atoms with E-state index in [-0.39, 0.29) is 11.2 Å². The van der Waals surface area contributed by atoms with Gasteiger partial charge in [0.05, 0.1) is 28.0 Å². The van der Waals surface area contributed by atoms with E-state index < -0.39 is 5.89 Å². The summed E-state index contributed by atoms with van der Waals surface area (Å²) in [5.74, 6) is 1.37. The van der Waals surface area contributed by atoms with E-state index in [0.29, 0.717) is 23.2 Å². The zero-order chi connectivity index (χ0) is 52.0. The van der Waals surface area contributed by atoms with Crippen LogP contribution < -0.4 is 0 Å². The molecule has 372 valence electrons. The van der Waals surface area contributed by atoms with Crippen molar-refractivity contribution in [2.45, 2.75) is 96.8 Å². The zero-order valence-electron chi connectivity index (χ0n) is 44.9. The second kappa shape index (κ2) is 20.5. The molecule has 12 rings (SSSR count). The van der Waals surface area contributed by atoms with Crippen molar-refractivity contribution >= 4 is 11.0 Å².